The minimum Gasteiger partial charge on any atom is -0.462 e. The van der Waals surface area contributed by atoms with Crippen molar-refractivity contribution >= 4 is 49.4 Å². The number of ether oxygens (including phenoxy) is 6. The van der Waals surface area contributed by atoms with Crippen LogP contribution >= 0.6 is 7.82 Å². The summed E-state index contributed by atoms with van der Waals surface area (Å²) in [7, 11) is -5.51. The Bertz CT molecular complexity index is 1960. The van der Waals surface area contributed by atoms with Gasteiger partial charge in [0.2, 0.25) is 17.7 Å². The Balaban J connectivity index is 3.68. The Hall–Kier alpha value is -3.56. The number of nitrogens with two attached hydrogens (primary N) is 1. The summed E-state index contributed by atoms with van der Waals surface area (Å²) in [5, 5.41) is 15.8. The minimum absolute atomic E-state index is 0.123. The zero-order valence-corrected chi connectivity index (χ0v) is 58.3. The first-order valence-electron chi connectivity index (χ1n) is 36.1. The van der Waals surface area contributed by atoms with Crippen molar-refractivity contribution in [2.45, 2.75) is 385 Å². The van der Waals surface area contributed by atoms with Crippen LogP contribution < -0.4 is 16.4 Å². The van der Waals surface area contributed by atoms with Gasteiger partial charge in [-0.25, -0.2) is 4.57 Å². The number of amides is 3. The maximum absolute atomic E-state index is 14.5. The fourth-order valence-electron chi connectivity index (χ4n) is 11.3. The molecule has 0 radical (unpaired) electrons. The van der Waals surface area contributed by atoms with Gasteiger partial charge < -0.3 is 54.4 Å². The van der Waals surface area contributed by atoms with Crippen LogP contribution in [0.4, 0.5) is 0 Å². The molecule has 0 bridgehead atoms. The molecule has 1 aliphatic heterocycles. The summed E-state index contributed by atoms with van der Waals surface area (Å²) in [6, 6.07) is -3.32. The Morgan fingerprint density at radius 3 is 1.16 bits per heavy atom. The lowest BCUT2D eigenvalue weighted by molar-refractivity contribution is -0.271. The van der Waals surface area contributed by atoms with Crippen molar-refractivity contribution in [1.82, 2.24) is 10.6 Å². The number of aliphatic hydroxyl groups excluding tert-OH is 1. The summed E-state index contributed by atoms with van der Waals surface area (Å²) >= 11 is 0. The van der Waals surface area contributed by atoms with E-state index in [1.54, 1.807) is 0 Å². The number of aliphatic hydroxyl groups is 1. The van der Waals surface area contributed by atoms with Gasteiger partial charge in [0.05, 0.1) is 32.5 Å². The molecule has 0 spiro atoms. The van der Waals surface area contributed by atoms with Gasteiger partial charge in [-0.15, -0.1) is 0 Å². The first kappa shape index (κ1) is 85.5. The summed E-state index contributed by atoms with van der Waals surface area (Å²) in [5.74, 6) is -4.94. The first-order chi connectivity index (χ1) is 43.8. The summed E-state index contributed by atoms with van der Waals surface area (Å²) < 4.78 is 53.9. The van der Waals surface area contributed by atoms with Gasteiger partial charge in [-0.1, -0.05) is 234 Å². The topological polar surface area (TPSA) is 312 Å². The molecule has 7 N–H and O–H groups in total. The smallest absolute Gasteiger partial charge is 0.462 e. The molecule has 532 valence electrons. The zero-order valence-electron chi connectivity index (χ0n) is 57.4. The number of carbonyl (C=O) groups is 7. The van der Waals surface area contributed by atoms with E-state index in [0.717, 1.165) is 141 Å². The second-order valence-electron chi connectivity index (χ2n) is 25.4. The predicted molar refractivity (Wildman–Crippen MR) is 353 cm³/mol. The molecule has 0 aliphatic carbocycles. The van der Waals surface area contributed by atoms with Crippen LogP contribution in [0.5, 0.6) is 0 Å². The lowest BCUT2D eigenvalue weighted by Crippen LogP contribution is -2.66. The number of esters is 4. The van der Waals surface area contributed by atoms with Gasteiger partial charge in [0.1, 0.15) is 42.6 Å². The van der Waals surface area contributed by atoms with Crippen molar-refractivity contribution in [3.8, 4) is 0 Å². The highest BCUT2D eigenvalue weighted by Gasteiger charge is 2.52. The SMILES string of the molecule is CCCCCCCCCCC[C@H](CC(=O)NC(=O)[C@@H](N)CO[C@@H]1O[C@H](CO)[C@@H](OP(=O)(O)O)[C@H](OC(=O)C[C@@H](CCCCCCCCCCC)OC(=O)CCCCC)[C@H]1NC(=O)C[C@@H](CCCCCCCCCCC)OC(=O)CCCCC)OC(=O)CCCCC. The number of unbranched alkanes of at least 4 members (excludes halogenated alkanes) is 30. The number of imide groups is 1. The molecule has 1 saturated heterocycles. The van der Waals surface area contributed by atoms with Crippen molar-refractivity contribution in [3.63, 3.8) is 0 Å². The van der Waals surface area contributed by atoms with Gasteiger partial charge in [0, 0.05) is 19.3 Å². The quantitative estimate of drug-likeness (QED) is 0.0143. The fraction of sp³-hybridized carbons (Fsp3) is 0.899. The Morgan fingerprint density at radius 1 is 0.462 bits per heavy atom. The maximum Gasteiger partial charge on any atom is 0.470 e. The van der Waals surface area contributed by atoms with Gasteiger partial charge in [-0.2, -0.15) is 0 Å². The number of carbonyl (C=O) groups excluding carboxylic acids is 7. The van der Waals surface area contributed by atoms with E-state index in [-0.39, 0.29) is 25.7 Å². The molecule has 0 aromatic rings. The van der Waals surface area contributed by atoms with E-state index >= 15 is 0 Å². The molecule has 0 aromatic carbocycles. The monoisotopic (exact) mass is 1320 g/mol. The molecule has 1 aliphatic rings. The number of nitrogens with one attached hydrogen (secondary N) is 2. The van der Waals surface area contributed by atoms with Gasteiger partial charge in [0.25, 0.3) is 0 Å². The number of rotatable bonds is 60. The summed E-state index contributed by atoms with van der Waals surface area (Å²) in [6.07, 6.45) is 25.2. The molecule has 0 saturated carbocycles. The first-order valence-corrected chi connectivity index (χ1v) is 37.7. The largest absolute Gasteiger partial charge is 0.470 e. The van der Waals surface area contributed by atoms with Gasteiger partial charge in [-0.3, -0.25) is 43.4 Å². The highest BCUT2D eigenvalue weighted by atomic mass is 31.2. The third-order valence-corrected chi connectivity index (χ3v) is 17.2. The zero-order chi connectivity index (χ0) is 67.3. The molecule has 3 amide bonds. The lowest BCUT2D eigenvalue weighted by Gasteiger charge is -2.45. The second kappa shape index (κ2) is 55.7. The van der Waals surface area contributed by atoms with Crippen molar-refractivity contribution in [2.24, 2.45) is 5.73 Å². The highest BCUT2D eigenvalue weighted by molar-refractivity contribution is 7.46. The van der Waals surface area contributed by atoms with Gasteiger partial charge in [0.15, 0.2) is 12.4 Å². The van der Waals surface area contributed by atoms with E-state index < -0.39 is 130 Å². The van der Waals surface area contributed by atoms with Crippen LogP contribution in [-0.4, -0.2) is 125 Å². The third kappa shape index (κ3) is 45.5. The van der Waals surface area contributed by atoms with Crippen molar-refractivity contribution < 1.29 is 86.0 Å². The average molecular weight is 1320 g/mol. The number of phosphoric ester groups is 1. The Labute approximate surface area is 548 Å². The van der Waals surface area contributed by atoms with Crippen LogP contribution in [0.3, 0.4) is 0 Å². The third-order valence-electron chi connectivity index (χ3n) is 16.7. The van der Waals surface area contributed by atoms with Crippen LogP contribution in [0.15, 0.2) is 0 Å². The minimum atomic E-state index is -5.51. The standard InChI is InChI=1S/C69H128N3O18P/c1-7-13-19-22-25-28-31-34-40-43-54(85-61(76)46-37-16-10-4)49-59(74)71-65-67(89-64(79)51-56(87-63(78)48-39-18-12-6)45-42-36-33-30-27-24-21-15-9-3)66(90-91(81,82)83)58(52-73)88-69(65)84-53-57(70)68(80)72-60(75)50-55(86-62(77)47-38-17-11-5)44-41-35-32-29-26-23-20-14-8-2/h54-58,65-67,69,73H,7-53,70H2,1-6H3,(H,71,74)(H,72,75,80)(H2,81,82,83)/t54-,55-,56-,57+,58-,65-,66-,67-,69-/m1/s1. The molecular weight excluding hydrogens is 1190 g/mol. The van der Waals surface area contributed by atoms with E-state index in [1.807, 2.05) is 20.8 Å². The van der Waals surface area contributed by atoms with Crippen LogP contribution in [0.25, 0.3) is 0 Å². The van der Waals surface area contributed by atoms with Crippen molar-refractivity contribution in [1.29, 1.82) is 0 Å². The number of hydrogen-bond donors (Lipinski definition) is 6. The van der Waals surface area contributed by atoms with Crippen LogP contribution in [0.2, 0.25) is 0 Å². The van der Waals surface area contributed by atoms with Crippen LogP contribution in [0, 0.1) is 0 Å². The number of phosphoric acid groups is 1. The Morgan fingerprint density at radius 2 is 0.802 bits per heavy atom. The summed E-state index contributed by atoms with van der Waals surface area (Å²) in [4.78, 5) is 116. The van der Waals surface area contributed by atoms with Crippen LogP contribution in [0.1, 0.15) is 330 Å². The van der Waals surface area contributed by atoms with E-state index in [1.165, 1.54) is 51.4 Å². The maximum atomic E-state index is 14.5. The summed E-state index contributed by atoms with van der Waals surface area (Å²) in [6.45, 7) is 10.8. The average Bonchev–Trinajstić information content (AvgIpc) is 0.900. The molecule has 0 aromatic heterocycles. The number of hydrogen-bond acceptors (Lipinski definition) is 17. The Kier molecular flexibility index (Phi) is 52.3. The summed E-state index contributed by atoms with van der Waals surface area (Å²) in [5.41, 5.74) is 6.38. The van der Waals surface area contributed by atoms with Crippen LogP contribution in [-0.2, 0) is 71.1 Å². The highest BCUT2D eigenvalue weighted by Crippen LogP contribution is 2.42. The molecule has 1 fully saturated rings. The fourth-order valence-corrected chi connectivity index (χ4v) is 11.9. The van der Waals surface area contributed by atoms with E-state index in [0.29, 0.717) is 57.8 Å². The van der Waals surface area contributed by atoms with Crippen molar-refractivity contribution in [2.75, 3.05) is 13.2 Å². The molecule has 22 heteroatoms. The lowest BCUT2D eigenvalue weighted by atomic mass is 9.95. The molecule has 1 rings (SSSR count). The van der Waals surface area contributed by atoms with E-state index in [4.69, 9.17) is 38.7 Å². The molecule has 21 nitrogen and oxygen atoms in total. The van der Waals surface area contributed by atoms with E-state index in [2.05, 4.69) is 31.4 Å². The molecule has 91 heavy (non-hydrogen) atoms. The predicted octanol–water partition coefficient (Wildman–Crippen LogP) is 14.0. The normalized spacial score (nSPS) is 18.0. The molecular formula is C69H128N3O18P. The van der Waals surface area contributed by atoms with E-state index in [9.17, 15) is 53.0 Å². The molecule has 9 atom stereocenters. The van der Waals surface area contributed by atoms with Crippen molar-refractivity contribution in [3.05, 3.63) is 0 Å². The molecule has 1 heterocycles. The van der Waals surface area contributed by atoms with Gasteiger partial charge >= 0.3 is 31.7 Å². The molecule has 0 unspecified atom stereocenters. The van der Waals surface area contributed by atoms with Gasteiger partial charge in [-0.05, 0) is 57.8 Å². The second-order valence-corrected chi connectivity index (χ2v) is 26.5.